The summed E-state index contributed by atoms with van der Waals surface area (Å²) in [4.78, 5) is 15.2. The summed E-state index contributed by atoms with van der Waals surface area (Å²) >= 11 is 9.59. The van der Waals surface area contributed by atoms with Crippen LogP contribution < -0.4 is 4.90 Å². The maximum atomic E-state index is 6.08. The predicted octanol–water partition coefficient (Wildman–Crippen LogP) is 3.08. The second-order valence-electron chi connectivity index (χ2n) is 5.15. The predicted molar refractivity (Wildman–Crippen MR) is 85.2 cm³/mol. The Hall–Kier alpha value is -1.21. The largest absolute Gasteiger partial charge is 0.341 e. The van der Waals surface area contributed by atoms with Crippen molar-refractivity contribution in [3.05, 3.63) is 21.1 Å². The highest BCUT2D eigenvalue weighted by Crippen LogP contribution is 2.23. The Morgan fingerprint density at radius 2 is 1.67 bits per heavy atom. The minimum atomic E-state index is 0.198. The molecule has 0 amide bonds. The van der Waals surface area contributed by atoms with Crippen LogP contribution in [-0.2, 0) is 0 Å². The zero-order valence-corrected chi connectivity index (χ0v) is 14.3. The lowest BCUT2D eigenvalue weighted by molar-refractivity contribution is 0.565. The van der Waals surface area contributed by atoms with E-state index in [2.05, 4.69) is 40.9 Å². The van der Waals surface area contributed by atoms with Gasteiger partial charge in [-0.3, -0.25) is 0 Å². The fraction of sp³-hybridized carbons (Fsp3) is 0.538. The Kier molecular flexibility index (Phi) is 4.12. The van der Waals surface area contributed by atoms with Crippen LogP contribution in [0.4, 0.5) is 5.95 Å². The van der Waals surface area contributed by atoms with Crippen molar-refractivity contribution in [2.45, 2.75) is 33.1 Å². The van der Waals surface area contributed by atoms with Crippen LogP contribution in [0.1, 0.15) is 30.7 Å². The minimum absolute atomic E-state index is 0.198. The van der Waals surface area contributed by atoms with Gasteiger partial charge in [-0.1, -0.05) is 0 Å². The van der Waals surface area contributed by atoms with E-state index >= 15 is 0 Å². The van der Waals surface area contributed by atoms with E-state index in [9.17, 15) is 0 Å². The van der Waals surface area contributed by atoms with Gasteiger partial charge < -0.3 is 4.90 Å². The van der Waals surface area contributed by atoms with Crippen LogP contribution in [0.25, 0.3) is 5.95 Å². The van der Waals surface area contributed by atoms with Gasteiger partial charge in [0.1, 0.15) is 0 Å². The van der Waals surface area contributed by atoms with E-state index in [-0.39, 0.29) is 5.28 Å². The van der Waals surface area contributed by atoms with Crippen molar-refractivity contribution in [3.63, 3.8) is 0 Å². The summed E-state index contributed by atoms with van der Waals surface area (Å²) in [5.41, 5.74) is 1.84. The third-order valence-corrected chi connectivity index (χ3v) is 4.93. The maximum Gasteiger partial charge on any atom is 0.256 e. The van der Waals surface area contributed by atoms with E-state index in [0.29, 0.717) is 11.9 Å². The Bertz CT molecular complexity index is 665. The highest BCUT2D eigenvalue weighted by Gasteiger charge is 2.18. The molecule has 0 bridgehead atoms. The van der Waals surface area contributed by atoms with Crippen molar-refractivity contribution in [1.82, 2.24) is 24.7 Å². The van der Waals surface area contributed by atoms with E-state index in [1.807, 2.05) is 13.8 Å². The number of piperidine rings is 1. The van der Waals surface area contributed by atoms with Crippen LogP contribution in [-0.4, -0.2) is 37.8 Å². The summed E-state index contributed by atoms with van der Waals surface area (Å²) in [6.45, 7) is 5.81. The summed E-state index contributed by atoms with van der Waals surface area (Å²) in [6.07, 6.45) is 3.57. The molecular formula is C13H16BrClN6. The normalized spacial score (nSPS) is 15.5. The number of aryl methyl sites for hydroxylation is 1. The number of hydrogen-bond acceptors (Lipinski definition) is 5. The first-order valence-electron chi connectivity index (χ1n) is 6.95. The van der Waals surface area contributed by atoms with Crippen LogP contribution in [0.2, 0.25) is 5.28 Å². The van der Waals surface area contributed by atoms with E-state index < -0.39 is 0 Å². The molecule has 0 unspecified atom stereocenters. The summed E-state index contributed by atoms with van der Waals surface area (Å²) in [5, 5.41) is 4.65. The molecule has 21 heavy (non-hydrogen) atoms. The molecule has 112 valence electrons. The molecule has 2 aromatic rings. The van der Waals surface area contributed by atoms with Gasteiger partial charge in [-0.2, -0.15) is 20.1 Å². The van der Waals surface area contributed by atoms with Crippen LogP contribution >= 0.6 is 27.5 Å². The van der Waals surface area contributed by atoms with Crippen molar-refractivity contribution in [1.29, 1.82) is 0 Å². The highest BCUT2D eigenvalue weighted by atomic mass is 79.9. The minimum Gasteiger partial charge on any atom is -0.341 e. The topological polar surface area (TPSA) is 59.7 Å². The van der Waals surface area contributed by atoms with Crippen molar-refractivity contribution in [2.75, 3.05) is 18.0 Å². The van der Waals surface area contributed by atoms with E-state index in [1.165, 1.54) is 6.42 Å². The van der Waals surface area contributed by atoms with Gasteiger partial charge in [-0.15, -0.1) is 0 Å². The molecule has 1 aliphatic heterocycles. The number of rotatable bonds is 2. The fourth-order valence-electron chi connectivity index (χ4n) is 2.48. The lowest BCUT2D eigenvalue weighted by Gasteiger charge is -2.26. The third kappa shape index (κ3) is 2.89. The van der Waals surface area contributed by atoms with Gasteiger partial charge in [0.2, 0.25) is 11.2 Å². The molecule has 2 aromatic heterocycles. The number of anilines is 1. The highest BCUT2D eigenvalue weighted by molar-refractivity contribution is 9.10. The molecule has 3 rings (SSSR count). The lowest BCUT2D eigenvalue weighted by atomic mass is 10.1. The number of hydrogen-bond donors (Lipinski definition) is 0. The third-order valence-electron chi connectivity index (χ3n) is 3.62. The molecule has 0 aromatic carbocycles. The average Bonchev–Trinajstić information content (AvgIpc) is 2.75. The van der Waals surface area contributed by atoms with Gasteiger partial charge in [0.05, 0.1) is 15.9 Å². The van der Waals surface area contributed by atoms with Gasteiger partial charge in [-0.25, -0.2) is 4.68 Å². The molecule has 0 aliphatic carbocycles. The SMILES string of the molecule is Cc1nn(-c2nc(Cl)nc(N3CCCCC3)n2)c(C)c1Br. The molecule has 0 atom stereocenters. The second kappa shape index (κ2) is 5.88. The van der Waals surface area contributed by atoms with Crippen molar-refractivity contribution in [3.8, 4) is 5.95 Å². The molecule has 8 heteroatoms. The molecule has 1 aliphatic rings. The summed E-state index contributed by atoms with van der Waals surface area (Å²) in [5.74, 6) is 1.09. The molecule has 0 radical (unpaired) electrons. The quantitative estimate of drug-likeness (QED) is 0.812. The molecule has 3 heterocycles. The molecular weight excluding hydrogens is 356 g/mol. The molecule has 1 fully saturated rings. The standard InChI is InChI=1S/C13H16BrClN6/c1-8-10(14)9(2)21(19-8)13-17-11(15)16-12(18-13)20-6-4-3-5-7-20/h3-7H2,1-2H3. The molecule has 1 saturated heterocycles. The average molecular weight is 372 g/mol. The number of aromatic nitrogens is 5. The van der Waals surface area contributed by atoms with Gasteiger partial charge in [0.25, 0.3) is 5.95 Å². The van der Waals surface area contributed by atoms with Gasteiger partial charge in [0.15, 0.2) is 0 Å². The van der Waals surface area contributed by atoms with Crippen LogP contribution in [0.3, 0.4) is 0 Å². The number of nitrogens with zero attached hydrogens (tertiary/aromatic N) is 6. The van der Waals surface area contributed by atoms with Gasteiger partial charge >= 0.3 is 0 Å². The monoisotopic (exact) mass is 370 g/mol. The van der Waals surface area contributed by atoms with E-state index in [1.54, 1.807) is 4.68 Å². The van der Waals surface area contributed by atoms with Crippen LogP contribution in [0.5, 0.6) is 0 Å². The van der Waals surface area contributed by atoms with E-state index in [4.69, 9.17) is 11.6 Å². The summed E-state index contributed by atoms with van der Waals surface area (Å²) in [6, 6.07) is 0. The Balaban J connectivity index is 2.02. The molecule has 0 N–H and O–H groups in total. The molecule has 6 nitrogen and oxygen atoms in total. The molecule has 0 spiro atoms. The van der Waals surface area contributed by atoms with Crippen molar-refractivity contribution in [2.24, 2.45) is 0 Å². The Labute approximate surface area is 136 Å². The second-order valence-corrected chi connectivity index (χ2v) is 6.28. The first kappa shape index (κ1) is 14.7. The van der Waals surface area contributed by atoms with Gasteiger partial charge in [-0.05, 0) is 60.6 Å². The van der Waals surface area contributed by atoms with Crippen molar-refractivity contribution >= 4 is 33.5 Å². The van der Waals surface area contributed by atoms with Crippen LogP contribution in [0.15, 0.2) is 4.47 Å². The smallest absolute Gasteiger partial charge is 0.256 e. The Morgan fingerprint density at radius 3 is 2.29 bits per heavy atom. The van der Waals surface area contributed by atoms with Crippen LogP contribution in [0, 0.1) is 13.8 Å². The fourth-order valence-corrected chi connectivity index (χ4v) is 2.88. The molecule has 0 saturated carbocycles. The maximum absolute atomic E-state index is 6.08. The summed E-state index contributed by atoms with van der Waals surface area (Å²) < 4.78 is 2.65. The van der Waals surface area contributed by atoms with E-state index in [0.717, 1.165) is 41.8 Å². The van der Waals surface area contributed by atoms with Gasteiger partial charge in [0, 0.05) is 13.1 Å². The zero-order valence-electron chi connectivity index (χ0n) is 12.0. The summed E-state index contributed by atoms with van der Waals surface area (Å²) in [7, 11) is 0. The Morgan fingerprint density at radius 1 is 1.00 bits per heavy atom. The lowest BCUT2D eigenvalue weighted by Crippen LogP contribution is -2.31. The first-order chi connectivity index (χ1) is 10.1. The first-order valence-corrected chi connectivity index (χ1v) is 8.12. The zero-order chi connectivity index (χ0) is 15.0. The van der Waals surface area contributed by atoms with Crippen molar-refractivity contribution < 1.29 is 0 Å². The number of halogens is 2.